The summed E-state index contributed by atoms with van der Waals surface area (Å²) in [6.07, 6.45) is 3.97. The van der Waals surface area contributed by atoms with Crippen LogP contribution in [0.15, 0.2) is 29.6 Å². The Hall–Kier alpha value is -2.59. The van der Waals surface area contributed by atoms with Gasteiger partial charge in [-0.3, -0.25) is 4.79 Å². The minimum atomic E-state index is -0.111. The number of nitrogens with zero attached hydrogens (tertiary/aromatic N) is 4. The molecule has 4 heterocycles. The number of piperidine rings is 1. The Morgan fingerprint density at radius 1 is 1.33 bits per heavy atom. The number of hydrogen-bond donors (Lipinski definition) is 1. The van der Waals surface area contributed by atoms with Gasteiger partial charge in [0.1, 0.15) is 16.1 Å². The van der Waals surface area contributed by atoms with Crippen LogP contribution in [-0.2, 0) is 4.79 Å². The highest BCUT2D eigenvalue weighted by atomic mass is 32.2. The second-order valence-corrected chi connectivity index (χ2v) is 9.37. The largest absolute Gasteiger partial charge is 0.454 e. The molecule has 1 unspecified atom stereocenters. The average molecular weight is 444 g/mol. The zero-order valence-corrected chi connectivity index (χ0v) is 18.1. The quantitative estimate of drug-likeness (QED) is 0.471. The number of ether oxygens (including phenoxy) is 2. The highest BCUT2D eigenvalue weighted by Crippen LogP contribution is 2.36. The van der Waals surface area contributed by atoms with E-state index in [1.807, 2.05) is 0 Å². The van der Waals surface area contributed by atoms with Crippen molar-refractivity contribution in [3.05, 3.63) is 24.5 Å². The van der Waals surface area contributed by atoms with Crippen molar-refractivity contribution in [1.82, 2.24) is 15.0 Å². The van der Waals surface area contributed by atoms with E-state index in [9.17, 15) is 4.79 Å². The Labute approximate surface area is 182 Å². The van der Waals surface area contributed by atoms with E-state index in [-0.39, 0.29) is 18.5 Å². The van der Waals surface area contributed by atoms with Gasteiger partial charge in [-0.15, -0.1) is 0 Å². The molecule has 1 N–H and O–H groups in total. The number of fused-ring (bicyclic) bond motifs is 2. The first-order valence-corrected chi connectivity index (χ1v) is 11.6. The van der Waals surface area contributed by atoms with Gasteiger partial charge >= 0.3 is 0 Å². The van der Waals surface area contributed by atoms with Crippen molar-refractivity contribution >= 4 is 50.2 Å². The number of carbonyl (C=O) groups is 1. The summed E-state index contributed by atoms with van der Waals surface area (Å²) in [6.45, 7) is 4.53. The molecule has 0 bridgehead atoms. The van der Waals surface area contributed by atoms with E-state index in [0.717, 1.165) is 27.9 Å². The maximum atomic E-state index is 12.4. The summed E-state index contributed by atoms with van der Waals surface area (Å²) in [5, 5.41) is 4.67. The van der Waals surface area contributed by atoms with Crippen LogP contribution >= 0.6 is 23.1 Å². The monoisotopic (exact) mass is 443 g/mol. The summed E-state index contributed by atoms with van der Waals surface area (Å²) in [5.74, 6) is 2.14. The normalized spacial score (nSPS) is 18.0. The lowest BCUT2D eigenvalue weighted by Crippen LogP contribution is -2.34. The summed E-state index contributed by atoms with van der Waals surface area (Å²) in [5.41, 5.74) is 1.37. The number of anilines is 2. The van der Waals surface area contributed by atoms with Crippen LogP contribution in [0.4, 0.5) is 10.8 Å². The van der Waals surface area contributed by atoms with Crippen LogP contribution in [0, 0.1) is 5.92 Å². The first-order chi connectivity index (χ1) is 14.7. The highest BCUT2D eigenvalue weighted by Gasteiger charge is 2.21. The minimum absolute atomic E-state index is 0.111. The zero-order valence-electron chi connectivity index (χ0n) is 16.5. The highest BCUT2D eigenvalue weighted by molar-refractivity contribution is 8.00. The van der Waals surface area contributed by atoms with Gasteiger partial charge in [0.25, 0.3) is 0 Å². The van der Waals surface area contributed by atoms with E-state index < -0.39 is 0 Å². The molecule has 2 aliphatic rings. The number of hydrogen-bond acceptors (Lipinski definition) is 9. The molecule has 1 saturated heterocycles. The molecule has 2 aromatic heterocycles. The number of aromatic nitrogens is 3. The standard InChI is InChI=1S/C20H21N5O3S2/c1-12-3-2-6-25(8-12)20-24-18-17(30-20)19(22-10-21-18)29-9-16(26)23-13-4-5-14-15(7-13)28-11-27-14/h4-5,7,10,12H,2-3,6,8-9,11H2,1H3,(H,23,26). The second kappa shape index (κ2) is 8.27. The molecule has 1 amide bonds. The van der Waals surface area contributed by atoms with Crippen LogP contribution in [0.5, 0.6) is 11.5 Å². The van der Waals surface area contributed by atoms with E-state index in [1.165, 1.54) is 30.9 Å². The number of rotatable bonds is 5. The van der Waals surface area contributed by atoms with E-state index in [1.54, 1.807) is 29.5 Å². The van der Waals surface area contributed by atoms with Gasteiger partial charge < -0.3 is 19.7 Å². The van der Waals surface area contributed by atoms with Gasteiger partial charge in [-0.25, -0.2) is 9.97 Å². The molecule has 8 nitrogen and oxygen atoms in total. The van der Waals surface area contributed by atoms with Crippen LogP contribution in [0.25, 0.3) is 10.3 Å². The molecular weight excluding hydrogens is 422 g/mol. The lowest BCUT2D eigenvalue weighted by atomic mass is 10.0. The molecule has 1 atom stereocenters. The number of thiazole rings is 1. The number of carbonyl (C=O) groups excluding carboxylic acids is 1. The van der Waals surface area contributed by atoms with Gasteiger partial charge in [0.05, 0.1) is 5.75 Å². The molecule has 5 rings (SSSR count). The molecule has 1 aromatic carbocycles. The Kier molecular flexibility index (Phi) is 5.34. The fourth-order valence-corrected chi connectivity index (χ4v) is 5.55. The first-order valence-electron chi connectivity index (χ1n) is 9.84. The van der Waals surface area contributed by atoms with E-state index >= 15 is 0 Å². The number of nitrogens with one attached hydrogen (secondary N) is 1. The molecule has 156 valence electrons. The third-order valence-electron chi connectivity index (χ3n) is 5.07. The molecule has 1 fully saturated rings. The lowest BCUT2D eigenvalue weighted by molar-refractivity contribution is -0.113. The molecule has 2 aliphatic heterocycles. The topological polar surface area (TPSA) is 89.5 Å². The van der Waals surface area contributed by atoms with Gasteiger partial charge in [-0.1, -0.05) is 30.0 Å². The van der Waals surface area contributed by atoms with Crippen LogP contribution in [0.1, 0.15) is 19.8 Å². The van der Waals surface area contributed by atoms with Crippen LogP contribution in [0.3, 0.4) is 0 Å². The van der Waals surface area contributed by atoms with Crippen LogP contribution in [0.2, 0.25) is 0 Å². The van der Waals surface area contributed by atoms with Gasteiger partial charge in [0.15, 0.2) is 22.3 Å². The second-order valence-electron chi connectivity index (χ2n) is 7.43. The summed E-state index contributed by atoms with van der Waals surface area (Å²) in [4.78, 5) is 28.2. The van der Waals surface area contributed by atoms with Crippen molar-refractivity contribution in [1.29, 1.82) is 0 Å². The maximum Gasteiger partial charge on any atom is 0.234 e. The van der Waals surface area contributed by atoms with Crippen molar-refractivity contribution in [2.24, 2.45) is 5.92 Å². The third kappa shape index (κ3) is 4.01. The lowest BCUT2D eigenvalue weighted by Gasteiger charge is -2.30. The Bertz CT molecular complexity index is 1090. The molecule has 0 saturated carbocycles. The number of thioether (sulfide) groups is 1. The molecule has 3 aromatic rings. The minimum Gasteiger partial charge on any atom is -0.454 e. The van der Waals surface area contributed by atoms with Gasteiger partial charge in [0.2, 0.25) is 12.7 Å². The van der Waals surface area contributed by atoms with Gasteiger partial charge in [0, 0.05) is 24.8 Å². The number of amides is 1. The predicted molar refractivity (Wildman–Crippen MR) is 118 cm³/mol. The van der Waals surface area contributed by atoms with Crippen molar-refractivity contribution in [2.45, 2.75) is 24.8 Å². The average Bonchev–Trinajstić information content (AvgIpc) is 3.39. The van der Waals surface area contributed by atoms with Crippen LogP contribution < -0.4 is 19.7 Å². The number of benzene rings is 1. The third-order valence-corrected chi connectivity index (χ3v) is 7.30. The van der Waals surface area contributed by atoms with E-state index in [4.69, 9.17) is 14.5 Å². The SMILES string of the molecule is CC1CCCN(c2nc3ncnc(SCC(=O)Nc4ccc5c(c4)OCO5)c3s2)C1. The zero-order chi connectivity index (χ0) is 20.5. The van der Waals surface area contributed by atoms with Gasteiger partial charge in [-0.05, 0) is 30.9 Å². The predicted octanol–water partition coefficient (Wildman–Crippen LogP) is 3.78. The first kappa shape index (κ1) is 19.4. The maximum absolute atomic E-state index is 12.4. The van der Waals surface area contributed by atoms with Crippen molar-refractivity contribution in [3.63, 3.8) is 0 Å². The summed E-state index contributed by atoms with van der Waals surface area (Å²) in [6, 6.07) is 5.36. The molecule has 30 heavy (non-hydrogen) atoms. The Balaban J connectivity index is 1.26. The van der Waals surface area contributed by atoms with Gasteiger partial charge in [-0.2, -0.15) is 4.98 Å². The fraction of sp³-hybridized carbons (Fsp3) is 0.400. The van der Waals surface area contributed by atoms with Crippen molar-refractivity contribution in [2.75, 3.05) is 35.9 Å². The fourth-order valence-electron chi connectivity index (χ4n) is 3.63. The molecule has 10 heteroatoms. The summed E-state index contributed by atoms with van der Waals surface area (Å²) in [7, 11) is 0. The van der Waals surface area contributed by atoms with E-state index in [0.29, 0.717) is 28.8 Å². The molecule has 0 aliphatic carbocycles. The Morgan fingerprint density at radius 2 is 2.23 bits per heavy atom. The summed E-state index contributed by atoms with van der Waals surface area (Å²) >= 11 is 3.00. The van der Waals surface area contributed by atoms with Crippen molar-refractivity contribution < 1.29 is 14.3 Å². The Morgan fingerprint density at radius 3 is 3.13 bits per heavy atom. The van der Waals surface area contributed by atoms with E-state index in [2.05, 4.69) is 27.1 Å². The molecule has 0 radical (unpaired) electrons. The van der Waals surface area contributed by atoms with Crippen LogP contribution in [-0.4, -0.2) is 46.5 Å². The summed E-state index contributed by atoms with van der Waals surface area (Å²) < 4.78 is 11.6. The molecule has 0 spiro atoms. The van der Waals surface area contributed by atoms with Crippen molar-refractivity contribution in [3.8, 4) is 11.5 Å². The molecular formula is C20H21N5O3S2. The smallest absolute Gasteiger partial charge is 0.234 e.